The predicted molar refractivity (Wildman–Crippen MR) is 36.7 cm³/mol. The minimum Gasteiger partial charge on any atom is -0.386 e. The summed E-state index contributed by atoms with van der Waals surface area (Å²) in [7, 11) is 0. The Morgan fingerprint density at radius 2 is 1.85 bits per heavy atom. The summed E-state index contributed by atoms with van der Waals surface area (Å²) in [5.74, 6) is -3.59. The summed E-state index contributed by atoms with van der Waals surface area (Å²) in [4.78, 5) is 20.6. The fourth-order valence-corrected chi connectivity index (χ4v) is 0.533. The van der Waals surface area contributed by atoms with Crippen molar-refractivity contribution in [2.24, 2.45) is 0 Å². The predicted octanol–water partition coefficient (Wildman–Crippen LogP) is 1.81. The number of hydrogen-bond acceptors (Lipinski definition) is 3. The van der Waals surface area contributed by atoms with Crippen LogP contribution in [0.4, 0.5) is 13.2 Å². The minimum absolute atomic E-state index is 0.168. The van der Waals surface area contributed by atoms with Crippen molar-refractivity contribution in [3.05, 3.63) is 0 Å². The molecule has 0 bridgehead atoms. The van der Waals surface area contributed by atoms with Crippen molar-refractivity contribution >= 4 is 11.9 Å². The quantitative estimate of drug-likeness (QED) is 0.513. The third-order valence-electron chi connectivity index (χ3n) is 1.17. The number of carbonyl (C=O) groups is 2. The zero-order valence-corrected chi connectivity index (χ0v) is 6.98. The molecule has 6 heteroatoms. The molecule has 3 nitrogen and oxygen atoms in total. The third kappa shape index (κ3) is 5.21. The van der Waals surface area contributed by atoms with Crippen molar-refractivity contribution in [2.75, 3.05) is 0 Å². The maximum atomic E-state index is 11.5. The Labute approximate surface area is 72.9 Å². The zero-order valence-electron chi connectivity index (χ0n) is 6.98. The Balaban J connectivity index is 3.86. The van der Waals surface area contributed by atoms with Crippen LogP contribution in [0.1, 0.15) is 26.2 Å². The molecule has 0 N–H and O–H groups in total. The van der Waals surface area contributed by atoms with E-state index in [4.69, 9.17) is 0 Å². The fraction of sp³-hybridized carbons (Fsp3) is 0.714. The first-order valence-electron chi connectivity index (χ1n) is 3.69. The lowest BCUT2D eigenvalue weighted by molar-refractivity contribution is -0.201. The lowest BCUT2D eigenvalue weighted by Gasteiger charge is -2.04. The summed E-state index contributed by atoms with van der Waals surface area (Å²) in [5, 5.41) is 0. The summed E-state index contributed by atoms with van der Waals surface area (Å²) < 4.78 is 38.0. The lowest BCUT2D eigenvalue weighted by Crippen LogP contribution is -2.27. The standard InChI is InChI=1S/C7H9F3O3/c1-2-3-4-5(11)13-6(12)7(8,9)10/h2-4H2,1H3. The van der Waals surface area contributed by atoms with E-state index in [1.165, 1.54) is 0 Å². The van der Waals surface area contributed by atoms with E-state index in [0.717, 1.165) is 0 Å². The van der Waals surface area contributed by atoms with Gasteiger partial charge in [-0.2, -0.15) is 13.2 Å². The van der Waals surface area contributed by atoms with E-state index >= 15 is 0 Å². The van der Waals surface area contributed by atoms with E-state index in [-0.39, 0.29) is 6.42 Å². The van der Waals surface area contributed by atoms with Gasteiger partial charge in [0, 0.05) is 6.42 Å². The molecule has 0 aromatic carbocycles. The molecule has 13 heavy (non-hydrogen) atoms. The van der Waals surface area contributed by atoms with Crippen LogP contribution in [-0.4, -0.2) is 18.1 Å². The second-order valence-corrected chi connectivity index (χ2v) is 2.36. The Morgan fingerprint density at radius 1 is 1.31 bits per heavy atom. The highest BCUT2D eigenvalue weighted by atomic mass is 19.4. The summed E-state index contributed by atoms with van der Waals surface area (Å²) in [6.07, 6.45) is -4.21. The van der Waals surface area contributed by atoms with E-state index in [0.29, 0.717) is 12.8 Å². The Kier molecular flexibility index (Phi) is 4.44. The van der Waals surface area contributed by atoms with Crippen molar-refractivity contribution in [2.45, 2.75) is 32.4 Å². The smallest absolute Gasteiger partial charge is 0.386 e. The van der Waals surface area contributed by atoms with Gasteiger partial charge in [-0.25, -0.2) is 4.79 Å². The monoisotopic (exact) mass is 198 g/mol. The van der Waals surface area contributed by atoms with Gasteiger partial charge in [-0.05, 0) is 6.42 Å². The third-order valence-corrected chi connectivity index (χ3v) is 1.17. The summed E-state index contributed by atoms with van der Waals surface area (Å²) in [6, 6.07) is 0. The second-order valence-electron chi connectivity index (χ2n) is 2.36. The number of esters is 2. The number of alkyl halides is 3. The number of rotatable bonds is 3. The molecular weight excluding hydrogens is 189 g/mol. The van der Waals surface area contributed by atoms with E-state index in [1.54, 1.807) is 6.92 Å². The van der Waals surface area contributed by atoms with Gasteiger partial charge in [-0.15, -0.1) is 0 Å². The van der Waals surface area contributed by atoms with Crippen LogP contribution in [0.15, 0.2) is 0 Å². The molecule has 0 saturated heterocycles. The molecule has 0 aromatic heterocycles. The summed E-state index contributed by atoms with van der Waals surface area (Å²) in [5.41, 5.74) is 0. The van der Waals surface area contributed by atoms with Gasteiger partial charge >= 0.3 is 18.1 Å². The highest BCUT2D eigenvalue weighted by Crippen LogP contribution is 2.16. The van der Waals surface area contributed by atoms with Gasteiger partial charge in [-0.1, -0.05) is 13.3 Å². The molecule has 0 aliphatic heterocycles. The van der Waals surface area contributed by atoms with Crippen molar-refractivity contribution < 1.29 is 27.5 Å². The van der Waals surface area contributed by atoms with E-state index in [2.05, 4.69) is 4.74 Å². The number of hydrogen-bond donors (Lipinski definition) is 0. The van der Waals surface area contributed by atoms with Gasteiger partial charge < -0.3 is 4.74 Å². The van der Waals surface area contributed by atoms with Crippen LogP contribution < -0.4 is 0 Å². The first-order chi connectivity index (χ1) is 5.88. The van der Waals surface area contributed by atoms with Crippen LogP contribution in [0.3, 0.4) is 0 Å². The van der Waals surface area contributed by atoms with Crippen LogP contribution in [0.25, 0.3) is 0 Å². The summed E-state index contributed by atoms with van der Waals surface area (Å²) >= 11 is 0. The SMILES string of the molecule is CCCCC(=O)OC(=O)C(F)(F)F. The average molecular weight is 198 g/mol. The number of ether oxygens (including phenoxy) is 1. The van der Waals surface area contributed by atoms with Gasteiger partial charge in [0.25, 0.3) is 0 Å². The molecular formula is C7H9F3O3. The Bertz CT molecular complexity index is 198. The molecule has 0 atom stereocenters. The van der Waals surface area contributed by atoms with Crippen molar-refractivity contribution in [1.82, 2.24) is 0 Å². The fourth-order valence-electron chi connectivity index (χ4n) is 0.533. The molecule has 0 aliphatic carbocycles. The molecule has 0 amide bonds. The molecule has 0 spiro atoms. The minimum atomic E-state index is -5.10. The van der Waals surface area contributed by atoms with Crippen molar-refractivity contribution in [1.29, 1.82) is 0 Å². The van der Waals surface area contributed by atoms with E-state index in [9.17, 15) is 22.8 Å². The summed E-state index contributed by atoms with van der Waals surface area (Å²) in [6.45, 7) is 1.76. The van der Waals surface area contributed by atoms with Crippen LogP contribution in [0.2, 0.25) is 0 Å². The highest BCUT2D eigenvalue weighted by molar-refractivity contribution is 5.88. The molecule has 76 valence electrons. The molecule has 0 saturated carbocycles. The topological polar surface area (TPSA) is 43.4 Å². The van der Waals surface area contributed by atoms with Crippen LogP contribution in [0, 0.1) is 0 Å². The Hall–Kier alpha value is -1.07. The molecule has 0 aliphatic rings. The van der Waals surface area contributed by atoms with Gasteiger partial charge in [0.1, 0.15) is 0 Å². The van der Waals surface area contributed by atoms with Crippen molar-refractivity contribution in [3.63, 3.8) is 0 Å². The molecule has 0 heterocycles. The van der Waals surface area contributed by atoms with Gasteiger partial charge in [0.2, 0.25) is 0 Å². The largest absolute Gasteiger partial charge is 0.491 e. The molecule has 0 aromatic rings. The zero-order chi connectivity index (χ0) is 10.5. The van der Waals surface area contributed by atoms with Crippen LogP contribution >= 0.6 is 0 Å². The molecule has 0 unspecified atom stereocenters. The van der Waals surface area contributed by atoms with Gasteiger partial charge in [0.05, 0.1) is 0 Å². The number of unbranched alkanes of at least 4 members (excludes halogenated alkanes) is 1. The Morgan fingerprint density at radius 3 is 2.23 bits per heavy atom. The maximum absolute atomic E-state index is 11.5. The van der Waals surface area contributed by atoms with Crippen molar-refractivity contribution in [3.8, 4) is 0 Å². The van der Waals surface area contributed by atoms with E-state index < -0.39 is 18.1 Å². The number of carbonyl (C=O) groups excluding carboxylic acids is 2. The molecule has 0 radical (unpaired) electrons. The van der Waals surface area contributed by atoms with Crippen LogP contribution in [0.5, 0.6) is 0 Å². The lowest BCUT2D eigenvalue weighted by atomic mass is 10.2. The maximum Gasteiger partial charge on any atom is 0.491 e. The van der Waals surface area contributed by atoms with E-state index in [1.807, 2.05) is 0 Å². The first kappa shape index (κ1) is 11.9. The second kappa shape index (κ2) is 4.84. The van der Waals surface area contributed by atoms with Gasteiger partial charge in [-0.3, -0.25) is 4.79 Å². The van der Waals surface area contributed by atoms with Crippen LogP contribution in [-0.2, 0) is 14.3 Å². The average Bonchev–Trinajstić information content (AvgIpc) is 1.99. The highest BCUT2D eigenvalue weighted by Gasteiger charge is 2.42. The number of halogens is 3. The van der Waals surface area contributed by atoms with Gasteiger partial charge in [0.15, 0.2) is 0 Å². The normalized spacial score (nSPS) is 11.1. The first-order valence-corrected chi connectivity index (χ1v) is 3.69. The molecule has 0 rings (SSSR count). The molecule has 0 fully saturated rings.